The minimum absolute atomic E-state index is 0.0650. The molecule has 0 fully saturated rings. The molecular weight excluding hydrogens is 352 g/mol. The maximum Gasteiger partial charge on any atom is 0.412 e. The summed E-state index contributed by atoms with van der Waals surface area (Å²) in [6.07, 6.45) is -0.995. The molecule has 27 heavy (non-hydrogen) atoms. The largest absolute Gasteiger partial charge is 0.454 e. The molecule has 0 aromatic heterocycles. The van der Waals surface area contributed by atoms with Crippen molar-refractivity contribution in [2.75, 3.05) is 13.8 Å². The number of rotatable bonds is 7. The number of carbonyl (C=O) groups excluding carboxylic acids is 2. The molecule has 0 aliphatic carbocycles. The van der Waals surface area contributed by atoms with Gasteiger partial charge in [-0.05, 0) is 37.0 Å². The van der Waals surface area contributed by atoms with Gasteiger partial charge in [-0.15, -0.1) is 0 Å². The van der Waals surface area contributed by atoms with E-state index >= 15 is 0 Å². The molecule has 1 aliphatic rings. The summed E-state index contributed by atoms with van der Waals surface area (Å²) in [7, 11) is 1.63. The molecule has 0 bridgehead atoms. The lowest BCUT2D eigenvalue weighted by Gasteiger charge is -2.26. The van der Waals surface area contributed by atoms with Crippen molar-refractivity contribution in [2.24, 2.45) is 11.7 Å². The van der Waals surface area contributed by atoms with E-state index in [1.807, 2.05) is 39.0 Å². The number of carbonyl (C=O) groups is 2. The molecule has 0 saturated heterocycles. The topological polar surface area (TPSA) is 100 Å². The highest BCUT2D eigenvalue weighted by atomic mass is 16.7. The number of ether oxygens (including phenoxy) is 4. The Balaban J connectivity index is 1.85. The Labute approximate surface area is 159 Å². The summed E-state index contributed by atoms with van der Waals surface area (Å²) in [5.41, 5.74) is 6.74. The molecule has 1 heterocycles. The molecule has 0 saturated carbocycles. The average Bonchev–Trinajstić information content (AvgIpc) is 3.07. The van der Waals surface area contributed by atoms with Crippen LogP contribution in [0.25, 0.3) is 0 Å². The first-order valence-corrected chi connectivity index (χ1v) is 8.97. The number of nitrogens with zero attached hydrogens (tertiary/aromatic N) is 1. The van der Waals surface area contributed by atoms with E-state index < -0.39 is 24.4 Å². The van der Waals surface area contributed by atoms with Crippen LogP contribution in [0.3, 0.4) is 0 Å². The normalized spacial score (nSPS) is 15.8. The molecule has 0 radical (unpaired) electrons. The molecule has 1 aliphatic heterocycles. The summed E-state index contributed by atoms with van der Waals surface area (Å²) < 4.78 is 20.9. The van der Waals surface area contributed by atoms with E-state index in [-0.39, 0.29) is 18.8 Å². The van der Waals surface area contributed by atoms with Gasteiger partial charge < -0.3 is 29.6 Å². The second kappa shape index (κ2) is 8.94. The Kier molecular flexibility index (Phi) is 6.90. The molecule has 0 spiro atoms. The molecule has 2 unspecified atom stereocenters. The molecule has 8 heteroatoms. The lowest BCUT2D eigenvalue weighted by atomic mass is 10.1. The van der Waals surface area contributed by atoms with Crippen molar-refractivity contribution in [1.82, 2.24) is 4.90 Å². The Morgan fingerprint density at radius 1 is 1.15 bits per heavy atom. The fourth-order valence-corrected chi connectivity index (χ4v) is 2.49. The van der Waals surface area contributed by atoms with Crippen LogP contribution >= 0.6 is 0 Å². The third-order valence-corrected chi connectivity index (χ3v) is 4.46. The highest BCUT2D eigenvalue weighted by Crippen LogP contribution is 2.32. The zero-order valence-corrected chi connectivity index (χ0v) is 16.4. The van der Waals surface area contributed by atoms with E-state index in [1.165, 1.54) is 11.8 Å². The molecule has 1 aromatic carbocycles. The van der Waals surface area contributed by atoms with Crippen LogP contribution < -0.4 is 15.2 Å². The van der Waals surface area contributed by atoms with Crippen LogP contribution in [0.1, 0.15) is 33.3 Å². The van der Waals surface area contributed by atoms with Gasteiger partial charge in [0, 0.05) is 20.0 Å². The lowest BCUT2D eigenvalue weighted by molar-refractivity contribution is -0.168. The SMILES string of the molecule is CC(OC(=O)[C@@H](N)C(C)C)OC(=O)N(C)C(C)Cc1ccc2c(c1)OCO2. The number of likely N-dealkylation sites (N-methyl/N-ethyl adjacent to an activating group) is 1. The van der Waals surface area contributed by atoms with Crippen molar-refractivity contribution in [3.05, 3.63) is 23.8 Å². The molecular formula is C19H28N2O6. The van der Waals surface area contributed by atoms with E-state index in [1.54, 1.807) is 7.05 Å². The van der Waals surface area contributed by atoms with Gasteiger partial charge >= 0.3 is 12.1 Å². The van der Waals surface area contributed by atoms with Gasteiger partial charge in [-0.2, -0.15) is 0 Å². The Hall–Kier alpha value is -2.48. The summed E-state index contributed by atoms with van der Waals surface area (Å²) in [6.45, 7) is 7.23. The van der Waals surface area contributed by atoms with Gasteiger partial charge in [-0.1, -0.05) is 19.9 Å². The summed E-state index contributed by atoms with van der Waals surface area (Å²) in [5, 5.41) is 0. The Morgan fingerprint density at radius 3 is 2.48 bits per heavy atom. The maximum atomic E-state index is 12.3. The molecule has 3 atom stereocenters. The Bertz CT molecular complexity index is 678. The van der Waals surface area contributed by atoms with Gasteiger partial charge in [0.15, 0.2) is 11.5 Å². The molecule has 1 amide bonds. The van der Waals surface area contributed by atoms with Crippen molar-refractivity contribution >= 4 is 12.1 Å². The first-order valence-electron chi connectivity index (χ1n) is 8.97. The quantitative estimate of drug-likeness (QED) is 0.572. The molecule has 8 nitrogen and oxygen atoms in total. The number of fused-ring (bicyclic) bond motifs is 1. The van der Waals surface area contributed by atoms with Crippen LogP contribution in [-0.2, 0) is 20.7 Å². The van der Waals surface area contributed by atoms with Crippen molar-refractivity contribution < 1.29 is 28.5 Å². The predicted octanol–water partition coefficient (Wildman–Crippen LogP) is 2.29. The van der Waals surface area contributed by atoms with E-state index in [0.717, 1.165) is 11.3 Å². The summed E-state index contributed by atoms with van der Waals surface area (Å²) in [6, 6.07) is 4.78. The van der Waals surface area contributed by atoms with Crippen molar-refractivity contribution in [3.63, 3.8) is 0 Å². The van der Waals surface area contributed by atoms with Crippen molar-refractivity contribution in [3.8, 4) is 11.5 Å². The van der Waals surface area contributed by atoms with Crippen molar-refractivity contribution in [2.45, 2.75) is 52.5 Å². The highest BCUT2D eigenvalue weighted by molar-refractivity contribution is 5.76. The highest BCUT2D eigenvalue weighted by Gasteiger charge is 2.25. The lowest BCUT2D eigenvalue weighted by Crippen LogP contribution is -2.42. The van der Waals surface area contributed by atoms with E-state index in [0.29, 0.717) is 12.2 Å². The number of nitrogens with two attached hydrogens (primary N) is 1. The first kappa shape index (κ1) is 20.8. The van der Waals surface area contributed by atoms with Crippen LogP contribution in [0.5, 0.6) is 11.5 Å². The van der Waals surface area contributed by atoms with Crippen LogP contribution in [0.2, 0.25) is 0 Å². The van der Waals surface area contributed by atoms with Crippen LogP contribution in [-0.4, -0.2) is 49.2 Å². The van der Waals surface area contributed by atoms with Gasteiger partial charge in [0.25, 0.3) is 0 Å². The van der Waals surface area contributed by atoms with Crippen LogP contribution in [0.15, 0.2) is 18.2 Å². The molecule has 150 valence electrons. The van der Waals surface area contributed by atoms with Gasteiger partial charge in [0.1, 0.15) is 6.04 Å². The number of hydrogen-bond donors (Lipinski definition) is 1. The summed E-state index contributed by atoms with van der Waals surface area (Å²) in [5.74, 6) is 0.757. The number of esters is 1. The van der Waals surface area contributed by atoms with E-state index in [2.05, 4.69) is 0 Å². The minimum atomic E-state index is -1.02. The van der Waals surface area contributed by atoms with Crippen molar-refractivity contribution in [1.29, 1.82) is 0 Å². The number of benzene rings is 1. The van der Waals surface area contributed by atoms with Gasteiger partial charge in [0.2, 0.25) is 13.1 Å². The number of amides is 1. The fourth-order valence-electron chi connectivity index (χ4n) is 2.49. The van der Waals surface area contributed by atoms with E-state index in [9.17, 15) is 9.59 Å². The maximum absolute atomic E-state index is 12.3. The Morgan fingerprint density at radius 2 is 1.81 bits per heavy atom. The fraction of sp³-hybridized carbons (Fsp3) is 0.579. The molecule has 1 aromatic rings. The van der Waals surface area contributed by atoms with Gasteiger partial charge in [-0.3, -0.25) is 4.79 Å². The predicted molar refractivity (Wildman–Crippen MR) is 98.3 cm³/mol. The summed E-state index contributed by atoms with van der Waals surface area (Å²) >= 11 is 0. The second-order valence-electron chi connectivity index (χ2n) is 7.01. The smallest absolute Gasteiger partial charge is 0.412 e. The third kappa shape index (κ3) is 5.50. The monoisotopic (exact) mass is 380 g/mol. The molecule has 2 rings (SSSR count). The van der Waals surface area contributed by atoms with Gasteiger partial charge in [0.05, 0.1) is 0 Å². The van der Waals surface area contributed by atoms with Crippen LogP contribution in [0.4, 0.5) is 4.79 Å². The zero-order valence-electron chi connectivity index (χ0n) is 16.4. The second-order valence-corrected chi connectivity index (χ2v) is 7.01. The number of hydrogen-bond acceptors (Lipinski definition) is 7. The standard InChI is InChI=1S/C19H28N2O6/c1-11(2)17(20)18(22)26-13(4)27-19(23)21(5)12(3)8-14-6-7-15-16(9-14)25-10-24-15/h6-7,9,11-13,17H,8,10,20H2,1-5H3/t12?,13?,17-/m0/s1. The van der Waals surface area contributed by atoms with Gasteiger partial charge in [-0.25, -0.2) is 4.79 Å². The zero-order chi connectivity index (χ0) is 20.1. The van der Waals surface area contributed by atoms with E-state index in [4.69, 9.17) is 24.7 Å². The average molecular weight is 380 g/mol. The third-order valence-electron chi connectivity index (χ3n) is 4.46. The van der Waals surface area contributed by atoms with Crippen LogP contribution in [0, 0.1) is 5.92 Å². The molecule has 2 N–H and O–H groups in total. The minimum Gasteiger partial charge on any atom is -0.454 e. The summed E-state index contributed by atoms with van der Waals surface area (Å²) in [4.78, 5) is 25.6. The first-order chi connectivity index (χ1) is 12.7.